The smallest absolute Gasteiger partial charge is 0.309 e. The summed E-state index contributed by atoms with van der Waals surface area (Å²) in [5.74, 6) is -0.560. The van der Waals surface area contributed by atoms with Gasteiger partial charge in [-0.25, -0.2) is 8.42 Å². The van der Waals surface area contributed by atoms with Gasteiger partial charge in [0.2, 0.25) is 0 Å². The van der Waals surface area contributed by atoms with E-state index < -0.39 is 21.9 Å². The molecule has 28 heavy (non-hydrogen) atoms. The molecule has 2 aromatic rings. The molecule has 1 aliphatic heterocycles. The molecule has 0 spiro atoms. The van der Waals surface area contributed by atoms with E-state index in [2.05, 4.69) is 0 Å². The largest absolute Gasteiger partial charge is 0.467 e. The predicted molar refractivity (Wildman–Crippen MR) is 102 cm³/mol. The molecule has 0 unspecified atom stereocenters. The molecule has 1 saturated heterocycles. The number of esters is 1. The molecular weight excluding hydrogens is 404 g/mol. The first-order valence-electron chi connectivity index (χ1n) is 8.84. The monoisotopic (exact) mass is 426 g/mol. The summed E-state index contributed by atoms with van der Waals surface area (Å²) in [5.41, 5.74) is 0. The topological polar surface area (TPSA) is 97.1 Å². The number of sulfonamides is 1. The number of hydrogen-bond donors (Lipinski definition) is 0. The third-order valence-electron chi connectivity index (χ3n) is 4.61. The van der Waals surface area contributed by atoms with Crippen LogP contribution in [0.2, 0.25) is 0 Å². The molecule has 1 fully saturated rings. The Hall–Kier alpha value is -2.17. The maximum absolute atomic E-state index is 12.5. The van der Waals surface area contributed by atoms with Crippen molar-refractivity contribution >= 4 is 33.2 Å². The van der Waals surface area contributed by atoms with Gasteiger partial charge in [0.1, 0.15) is 9.97 Å². The minimum absolute atomic E-state index is 0.256. The van der Waals surface area contributed by atoms with Crippen LogP contribution in [0, 0.1) is 5.92 Å². The van der Waals surface area contributed by atoms with E-state index in [4.69, 9.17) is 9.15 Å². The van der Waals surface area contributed by atoms with Crippen LogP contribution in [-0.2, 0) is 30.9 Å². The van der Waals surface area contributed by atoms with Gasteiger partial charge in [-0.1, -0.05) is 6.07 Å². The first-order chi connectivity index (χ1) is 13.4. The standard InChI is InChI=1S/C18H22N2O6S2/c1-19(12-15-4-2-10-25-15)16(21)13-26-18(22)14-6-8-20(9-7-14)28(23,24)17-5-3-11-27-17/h2-5,10-11,14H,6-9,12-13H2,1H3. The van der Waals surface area contributed by atoms with Crippen molar-refractivity contribution in [1.82, 2.24) is 9.21 Å². The maximum atomic E-state index is 12.5. The average Bonchev–Trinajstić information content (AvgIpc) is 3.40. The number of hydrogen-bond acceptors (Lipinski definition) is 7. The maximum Gasteiger partial charge on any atom is 0.309 e. The van der Waals surface area contributed by atoms with E-state index in [0.29, 0.717) is 29.4 Å². The van der Waals surface area contributed by atoms with Crippen LogP contribution < -0.4 is 0 Å². The zero-order valence-corrected chi connectivity index (χ0v) is 17.1. The summed E-state index contributed by atoms with van der Waals surface area (Å²) < 4.78 is 37.0. The van der Waals surface area contributed by atoms with Gasteiger partial charge in [-0.2, -0.15) is 4.31 Å². The lowest BCUT2D eigenvalue weighted by Crippen LogP contribution is -2.41. The lowest BCUT2D eigenvalue weighted by atomic mass is 9.98. The summed E-state index contributed by atoms with van der Waals surface area (Å²) in [5, 5.41) is 1.72. The Labute approximate surface area is 167 Å². The molecule has 0 atom stereocenters. The molecule has 3 heterocycles. The molecule has 0 radical (unpaired) electrons. The van der Waals surface area contributed by atoms with Gasteiger partial charge in [-0.3, -0.25) is 9.59 Å². The van der Waals surface area contributed by atoms with Crippen molar-refractivity contribution in [2.24, 2.45) is 5.92 Å². The number of carbonyl (C=O) groups is 2. The lowest BCUT2D eigenvalue weighted by molar-refractivity contribution is -0.156. The van der Waals surface area contributed by atoms with Gasteiger partial charge in [0, 0.05) is 20.1 Å². The van der Waals surface area contributed by atoms with Crippen molar-refractivity contribution in [2.45, 2.75) is 23.6 Å². The average molecular weight is 427 g/mol. The van der Waals surface area contributed by atoms with Crippen LogP contribution in [-0.4, -0.2) is 56.2 Å². The number of amides is 1. The molecule has 2 aromatic heterocycles. The van der Waals surface area contributed by atoms with Gasteiger partial charge >= 0.3 is 5.97 Å². The fourth-order valence-electron chi connectivity index (χ4n) is 2.95. The predicted octanol–water partition coefficient (Wildman–Crippen LogP) is 1.94. The molecular formula is C18H22N2O6S2. The Bertz CT molecular complexity index is 885. The van der Waals surface area contributed by atoms with Gasteiger partial charge in [0.25, 0.3) is 15.9 Å². The first-order valence-corrected chi connectivity index (χ1v) is 11.2. The van der Waals surface area contributed by atoms with Gasteiger partial charge in [-0.05, 0) is 36.4 Å². The Balaban J connectivity index is 1.44. The van der Waals surface area contributed by atoms with Crippen molar-refractivity contribution in [2.75, 3.05) is 26.7 Å². The number of rotatable bonds is 7. The first kappa shape index (κ1) is 20.6. The quantitative estimate of drug-likeness (QED) is 0.628. The van der Waals surface area contributed by atoms with E-state index in [1.54, 1.807) is 36.7 Å². The summed E-state index contributed by atoms with van der Waals surface area (Å²) in [7, 11) is -1.90. The SMILES string of the molecule is CN(Cc1ccco1)C(=O)COC(=O)C1CCN(S(=O)(=O)c2cccs2)CC1. The van der Waals surface area contributed by atoms with Crippen molar-refractivity contribution < 1.29 is 27.2 Å². The molecule has 0 aliphatic carbocycles. The Morgan fingerprint density at radius 3 is 2.64 bits per heavy atom. The second-order valence-corrected chi connectivity index (χ2v) is 9.66. The number of likely N-dealkylation sites (N-methyl/N-ethyl adjacent to an activating group) is 1. The van der Waals surface area contributed by atoms with Crippen LogP contribution in [0.1, 0.15) is 18.6 Å². The van der Waals surface area contributed by atoms with Crippen molar-refractivity contribution in [3.63, 3.8) is 0 Å². The minimum atomic E-state index is -3.50. The molecule has 0 bridgehead atoms. The van der Waals surface area contributed by atoms with Crippen molar-refractivity contribution in [3.8, 4) is 0 Å². The molecule has 152 valence electrons. The van der Waals surface area contributed by atoms with Crippen LogP contribution >= 0.6 is 11.3 Å². The third kappa shape index (κ3) is 4.81. The molecule has 8 nitrogen and oxygen atoms in total. The number of carbonyl (C=O) groups excluding carboxylic acids is 2. The Morgan fingerprint density at radius 2 is 2.04 bits per heavy atom. The number of furan rings is 1. The zero-order valence-electron chi connectivity index (χ0n) is 15.4. The molecule has 1 amide bonds. The second kappa shape index (κ2) is 8.89. The summed E-state index contributed by atoms with van der Waals surface area (Å²) in [6, 6.07) is 6.76. The number of nitrogens with zero attached hydrogens (tertiary/aromatic N) is 2. The lowest BCUT2D eigenvalue weighted by Gasteiger charge is -2.29. The molecule has 0 saturated carbocycles. The van der Waals surface area contributed by atoms with Gasteiger partial charge in [-0.15, -0.1) is 11.3 Å². The summed E-state index contributed by atoms with van der Waals surface area (Å²) >= 11 is 1.18. The second-order valence-electron chi connectivity index (χ2n) is 6.55. The number of thiophene rings is 1. The van der Waals surface area contributed by atoms with E-state index in [0.717, 1.165) is 0 Å². The minimum Gasteiger partial charge on any atom is -0.467 e. The number of ether oxygens (including phenoxy) is 1. The van der Waals surface area contributed by atoms with Crippen LogP contribution in [0.5, 0.6) is 0 Å². The van der Waals surface area contributed by atoms with E-state index in [1.807, 2.05) is 0 Å². The highest BCUT2D eigenvalue weighted by atomic mass is 32.2. The van der Waals surface area contributed by atoms with Gasteiger partial charge < -0.3 is 14.1 Å². The van der Waals surface area contributed by atoms with E-state index in [9.17, 15) is 18.0 Å². The molecule has 3 rings (SSSR count). The van der Waals surface area contributed by atoms with Crippen molar-refractivity contribution in [3.05, 3.63) is 41.7 Å². The zero-order chi connectivity index (χ0) is 20.1. The van der Waals surface area contributed by atoms with E-state index in [1.165, 1.54) is 26.8 Å². The van der Waals surface area contributed by atoms with Crippen LogP contribution in [0.25, 0.3) is 0 Å². The Kier molecular flexibility index (Phi) is 6.53. The van der Waals surface area contributed by atoms with E-state index >= 15 is 0 Å². The molecule has 1 aliphatic rings. The summed E-state index contributed by atoms with van der Waals surface area (Å²) in [6.45, 7) is 0.463. The van der Waals surface area contributed by atoms with Crippen molar-refractivity contribution in [1.29, 1.82) is 0 Å². The van der Waals surface area contributed by atoms with Crippen LogP contribution in [0.15, 0.2) is 44.5 Å². The van der Waals surface area contributed by atoms with Crippen LogP contribution in [0.4, 0.5) is 0 Å². The number of piperidine rings is 1. The fourth-order valence-corrected chi connectivity index (χ4v) is 5.57. The third-order valence-corrected chi connectivity index (χ3v) is 7.88. The van der Waals surface area contributed by atoms with Gasteiger partial charge in [0.15, 0.2) is 6.61 Å². The highest BCUT2D eigenvalue weighted by molar-refractivity contribution is 7.91. The Morgan fingerprint density at radius 1 is 1.29 bits per heavy atom. The summed E-state index contributed by atoms with van der Waals surface area (Å²) in [4.78, 5) is 25.8. The van der Waals surface area contributed by atoms with Crippen LogP contribution in [0.3, 0.4) is 0 Å². The normalized spacial score (nSPS) is 16.0. The van der Waals surface area contributed by atoms with Gasteiger partial charge in [0.05, 0.1) is 18.7 Å². The highest BCUT2D eigenvalue weighted by Gasteiger charge is 2.33. The fraction of sp³-hybridized carbons (Fsp3) is 0.444. The molecule has 0 N–H and O–H groups in total. The summed E-state index contributed by atoms with van der Waals surface area (Å²) in [6.07, 6.45) is 2.28. The molecule has 0 aromatic carbocycles. The molecule has 10 heteroatoms. The van der Waals surface area contributed by atoms with E-state index in [-0.39, 0.29) is 25.6 Å². The highest BCUT2D eigenvalue weighted by Crippen LogP contribution is 2.26.